The number of hydrogen-bond donors (Lipinski definition) is 4. The van der Waals surface area contributed by atoms with Gasteiger partial charge in [-0.1, -0.05) is 0 Å². The second-order valence-electron chi connectivity index (χ2n) is 11.6. The predicted octanol–water partition coefficient (Wildman–Crippen LogP) is 0.253. The van der Waals surface area contributed by atoms with E-state index in [2.05, 4.69) is 4.99 Å². The average molecular weight is 712 g/mol. The Balaban J connectivity index is 0.000000261. The molecule has 2 heterocycles. The minimum atomic E-state index is -3.60. The summed E-state index contributed by atoms with van der Waals surface area (Å²) in [5.74, 6) is -1.34. The second kappa shape index (κ2) is 15.8. The Morgan fingerprint density at radius 1 is 0.708 bits per heavy atom. The average Bonchev–Trinajstić information content (AvgIpc) is 3.03. The number of nitrogens with zero attached hydrogens (tertiary/aromatic N) is 3. The van der Waals surface area contributed by atoms with Gasteiger partial charge in [-0.05, 0) is 37.8 Å². The number of guanidine groups is 1. The molecule has 2 aliphatic rings. The molecule has 2 aromatic carbocycles. The highest BCUT2D eigenvalue weighted by molar-refractivity contribution is 7.91. The fraction of sp³-hybridized carbons (Fsp3) is 0.500. The number of carbonyl (C=O) groups is 2. The van der Waals surface area contributed by atoms with Crippen molar-refractivity contribution in [2.45, 2.75) is 47.6 Å². The van der Waals surface area contributed by atoms with Crippen LogP contribution in [0.4, 0.5) is 11.4 Å². The zero-order valence-corrected chi connectivity index (χ0v) is 29.4. The summed E-state index contributed by atoms with van der Waals surface area (Å²) in [6, 6.07) is 5.92. The monoisotopic (exact) mass is 711 g/mol. The summed E-state index contributed by atoms with van der Waals surface area (Å²) in [4.78, 5) is 31.5. The summed E-state index contributed by atoms with van der Waals surface area (Å²) in [5, 5.41) is 0. The number of hydrogen-bond acceptors (Lipinski definition) is 13. The second-order valence-corrected chi connectivity index (χ2v) is 15.5. The molecule has 0 radical (unpaired) electrons. The molecule has 2 aromatic rings. The quantitative estimate of drug-likeness (QED) is 0.163. The third-order valence-electron chi connectivity index (χ3n) is 7.99. The molecule has 18 heteroatoms. The number of sulfone groups is 2. The molecular weight excluding hydrogens is 667 g/mol. The summed E-state index contributed by atoms with van der Waals surface area (Å²) in [6.07, 6.45) is 5.27. The molecule has 2 aliphatic heterocycles. The molecule has 0 bridgehead atoms. The molecule has 2 fully saturated rings. The molecule has 266 valence electrons. The van der Waals surface area contributed by atoms with Crippen LogP contribution < -0.4 is 42.2 Å². The van der Waals surface area contributed by atoms with Gasteiger partial charge in [0.2, 0.25) is 0 Å². The summed E-state index contributed by atoms with van der Waals surface area (Å²) in [7, 11) is -3.07. The van der Waals surface area contributed by atoms with Gasteiger partial charge in [-0.15, -0.1) is 0 Å². The van der Waals surface area contributed by atoms with E-state index in [4.69, 9.17) is 37.1 Å². The van der Waals surface area contributed by atoms with Crippen LogP contribution in [0.3, 0.4) is 0 Å². The van der Waals surface area contributed by atoms with E-state index in [0.29, 0.717) is 37.6 Å². The maximum atomic E-state index is 12.3. The van der Waals surface area contributed by atoms with E-state index in [1.807, 2.05) is 9.80 Å². The van der Waals surface area contributed by atoms with Crippen LogP contribution in [0, 0.1) is 0 Å². The van der Waals surface area contributed by atoms with Crippen LogP contribution >= 0.6 is 0 Å². The van der Waals surface area contributed by atoms with Crippen LogP contribution in [0.1, 0.15) is 46.4 Å². The fourth-order valence-electron chi connectivity index (χ4n) is 5.42. The SMILES string of the molecule is COC(=O)c1cc(S(C)(=O)=O)c(N2CCC(N)CC2)cc1OC.COc1cc(N2CCC(N)CC2)c(S(C)(=O)=O)cc1C(=O)N=C(N)N. The molecule has 0 spiro atoms. The van der Waals surface area contributed by atoms with Crippen molar-refractivity contribution in [2.75, 3.05) is 69.8 Å². The summed E-state index contributed by atoms with van der Waals surface area (Å²) in [5.41, 5.74) is 23.4. The van der Waals surface area contributed by atoms with E-state index in [9.17, 15) is 26.4 Å². The van der Waals surface area contributed by atoms with E-state index in [0.717, 1.165) is 38.2 Å². The molecular formula is C30H45N7O9S2. The highest BCUT2D eigenvalue weighted by Crippen LogP contribution is 2.36. The van der Waals surface area contributed by atoms with Gasteiger partial charge >= 0.3 is 5.97 Å². The highest BCUT2D eigenvalue weighted by atomic mass is 32.2. The zero-order chi connectivity index (χ0) is 36.0. The van der Waals surface area contributed by atoms with Gasteiger partial charge in [-0.25, -0.2) is 21.6 Å². The van der Waals surface area contributed by atoms with E-state index in [1.54, 1.807) is 6.07 Å². The van der Waals surface area contributed by atoms with Gasteiger partial charge in [-0.3, -0.25) is 4.79 Å². The molecule has 1 amide bonds. The van der Waals surface area contributed by atoms with Crippen LogP contribution in [0.25, 0.3) is 0 Å². The lowest BCUT2D eigenvalue weighted by atomic mass is 10.0. The number of esters is 1. The van der Waals surface area contributed by atoms with Gasteiger partial charge in [-0.2, -0.15) is 4.99 Å². The van der Waals surface area contributed by atoms with Crippen molar-refractivity contribution in [3.63, 3.8) is 0 Å². The molecule has 8 N–H and O–H groups in total. The van der Waals surface area contributed by atoms with Gasteiger partial charge in [0.05, 0.1) is 48.1 Å². The minimum absolute atomic E-state index is 0.0196. The van der Waals surface area contributed by atoms with Gasteiger partial charge in [0.15, 0.2) is 25.6 Å². The molecule has 2 saturated heterocycles. The lowest BCUT2D eigenvalue weighted by Crippen LogP contribution is -2.40. The number of anilines is 2. The number of methoxy groups -OCH3 is 3. The van der Waals surface area contributed by atoms with Crippen LogP contribution in [0.5, 0.6) is 11.5 Å². The zero-order valence-electron chi connectivity index (χ0n) is 27.8. The van der Waals surface area contributed by atoms with Crippen molar-refractivity contribution in [2.24, 2.45) is 27.9 Å². The Kier molecular flexibility index (Phi) is 12.6. The molecule has 0 aliphatic carbocycles. The minimum Gasteiger partial charge on any atom is -0.496 e. The van der Waals surface area contributed by atoms with Crippen LogP contribution in [0.2, 0.25) is 0 Å². The molecule has 48 heavy (non-hydrogen) atoms. The number of nitrogens with two attached hydrogens (primary N) is 4. The first kappa shape index (κ1) is 38.3. The lowest BCUT2D eigenvalue weighted by molar-refractivity contribution is 0.0596. The lowest BCUT2D eigenvalue weighted by Gasteiger charge is -2.33. The highest BCUT2D eigenvalue weighted by Gasteiger charge is 2.28. The number of rotatable bonds is 8. The van der Waals surface area contributed by atoms with Crippen molar-refractivity contribution >= 4 is 48.9 Å². The molecule has 0 aromatic heterocycles. The van der Waals surface area contributed by atoms with Crippen LogP contribution in [0.15, 0.2) is 39.0 Å². The van der Waals surface area contributed by atoms with Crippen molar-refractivity contribution < 1.29 is 40.6 Å². The Bertz CT molecular complexity index is 1750. The largest absolute Gasteiger partial charge is 0.496 e. The predicted molar refractivity (Wildman–Crippen MR) is 183 cm³/mol. The van der Waals surface area contributed by atoms with Crippen molar-refractivity contribution in [3.8, 4) is 11.5 Å². The topological polar surface area (TPSA) is 253 Å². The first-order chi connectivity index (χ1) is 22.4. The van der Waals surface area contributed by atoms with Crippen LogP contribution in [-0.2, 0) is 24.4 Å². The van der Waals surface area contributed by atoms with Crippen LogP contribution in [-0.4, -0.2) is 107 Å². The maximum Gasteiger partial charge on any atom is 0.341 e. The Labute approximate surface area is 281 Å². The Hall–Kier alpha value is -4.13. The fourth-order valence-corrected chi connectivity index (χ4v) is 7.22. The number of piperidine rings is 2. The smallest absolute Gasteiger partial charge is 0.341 e. The molecule has 0 atom stereocenters. The molecule has 16 nitrogen and oxygen atoms in total. The first-order valence-corrected chi connectivity index (χ1v) is 18.8. The van der Waals surface area contributed by atoms with E-state index in [-0.39, 0.29) is 44.5 Å². The number of ether oxygens (including phenoxy) is 3. The Morgan fingerprint density at radius 2 is 1.08 bits per heavy atom. The van der Waals surface area contributed by atoms with Gasteiger partial charge in [0, 0.05) is 62.9 Å². The standard InChI is InChI=1S/C15H23N5O4S.C15H22N2O5S/c1-24-12-8-11(20-5-3-9(16)4-6-20)13(25(2,22)23)7-10(12)14(21)19-15(17)18;1-21-13-9-12(17-6-4-10(16)5-7-17)14(23(3,19)20)8-11(13)15(18)22-2/h7-9H,3-6,16H2,1-2H3,(H4,17,18,19,21);8-10H,4-7,16H2,1-3H3. The molecule has 0 unspecified atom stereocenters. The van der Waals surface area contributed by atoms with E-state index < -0.39 is 37.5 Å². The third-order valence-corrected chi connectivity index (χ3v) is 10.2. The first-order valence-electron chi connectivity index (χ1n) is 15.0. The van der Waals surface area contributed by atoms with Gasteiger partial charge in [0.25, 0.3) is 5.91 Å². The number of amides is 1. The summed E-state index contributed by atoms with van der Waals surface area (Å²) < 4.78 is 64.1. The van der Waals surface area contributed by atoms with E-state index in [1.165, 1.54) is 39.5 Å². The normalized spacial score (nSPS) is 16.0. The maximum absolute atomic E-state index is 12.3. The number of aliphatic imine (C=N–C) groups is 1. The summed E-state index contributed by atoms with van der Waals surface area (Å²) >= 11 is 0. The molecule has 0 saturated carbocycles. The van der Waals surface area contributed by atoms with Gasteiger partial charge < -0.3 is 46.9 Å². The number of carbonyl (C=O) groups excluding carboxylic acids is 2. The third kappa shape index (κ3) is 9.48. The van der Waals surface area contributed by atoms with Gasteiger partial charge in [0.1, 0.15) is 17.1 Å². The van der Waals surface area contributed by atoms with Crippen molar-refractivity contribution in [3.05, 3.63) is 35.4 Å². The van der Waals surface area contributed by atoms with Crippen molar-refractivity contribution in [1.29, 1.82) is 0 Å². The molecule has 4 rings (SSSR count). The van der Waals surface area contributed by atoms with Crippen molar-refractivity contribution in [1.82, 2.24) is 0 Å². The number of benzene rings is 2. The summed E-state index contributed by atoms with van der Waals surface area (Å²) in [6.45, 7) is 2.55. The van der Waals surface area contributed by atoms with E-state index >= 15 is 0 Å². The Morgan fingerprint density at radius 3 is 1.42 bits per heavy atom.